The third kappa shape index (κ3) is 1.76. The van der Waals surface area contributed by atoms with Gasteiger partial charge in [0.25, 0.3) is 0 Å². The highest BCUT2D eigenvalue weighted by molar-refractivity contribution is 14.1. The van der Waals surface area contributed by atoms with Crippen molar-refractivity contribution in [1.29, 1.82) is 0 Å². The Morgan fingerprint density at radius 1 is 1.00 bits per heavy atom. The molecule has 1 heterocycles. The van der Waals surface area contributed by atoms with Gasteiger partial charge in [0, 0.05) is 3.57 Å². The number of rotatable bonds is 0. The zero-order valence-electron chi connectivity index (χ0n) is 9.16. The first-order chi connectivity index (χ1) is 8.15. The zero-order chi connectivity index (χ0) is 12.0. The molecule has 0 radical (unpaired) electrons. The van der Waals surface area contributed by atoms with E-state index in [1.54, 1.807) is 0 Å². The minimum absolute atomic E-state index is 0.0449. The van der Waals surface area contributed by atoms with Gasteiger partial charge in [-0.15, -0.1) is 0 Å². The van der Waals surface area contributed by atoms with Crippen LogP contribution in [0.5, 0.6) is 0 Å². The maximum Gasteiger partial charge on any atom is 0.200 e. The Morgan fingerprint density at radius 3 is 2.41 bits per heavy atom. The quantitative estimate of drug-likeness (QED) is 0.357. The minimum Gasteiger partial charge on any atom is -0.456 e. The van der Waals surface area contributed by atoms with Crippen LogP contribution in [-0.4, -0.2) is 7.85 Å². The molecule has 0 bridgehead atoms. The molecule has 17 heavy (non-hydrogen) atoms. The van der Waals surface area contributed by atoms with E-state index in [1.807, 2.05) is 44.2 Å². The fraction of sp³-hybridized carbons (Fsp3) is 0. The highest BCUT2D eigenvalue weighted by Crippen LogP contribution is 2.19. The molecular formula is C13H8BIO2. The van der Waals surface area contributed by atoms with Crippen molar-refractivity contribution >= 4 is 57.8 Å². The highest BCUT2D eigenvalue weighted by Gasteiger charge is 2.07. The molecule has 3 aromatic rings. The molecule has 0 aliphatic carbocycles. The number of halogens is 1. The van der Waals surface area contributed by atoms with Gasteiger partial charge in [0.15, 0.2) is 0 Å². The van der Waals surface area contributed by atoms with E-state index in [0.29, 0.717) is 21.9 Å². The van der Waals surface area contributed by atoms with Crippen molar-refractivity contribution in [3.05, 3.63) is 50.2 Å². The molecule has 4 heteroatoms. The lowest BCUT2D eigenvalue weighted by atomic mass is 9.94. The van der Waals surface area contributed by atoms with Crippen molar-refractivity contribution in [3.63, 3.8) is 0 Å². The van der Waals surface area contributed by atoms with Crippen molar-refractivity contribution in [1.82, 2.24) is 0 Å². The van der Waals surface area contributed by atoms with Crippen LogP contribution >= 0.6 is 22.6 Å². The SMILES string of the molecule is Bc1ccc2oc3ccc(I)cc3c(=O)c2c1. The van der Waals surface area contributed by atoms with E-state index in [2.05, 4.69) is 22.6 Å². The summed E-state index contributed by atoms with van der Waals surface area (Å²) in [5.74, 6) is 0. The Balaban J connectivity index is 2.58. The van der Waals surface area contributed by atoms with Gasteiger partial charge in [-0.25, -0.2) is 0 Å². The summed E-state index contributed by atoms with van der Waals surface area (Å²) in [5.41, 5.74) is 2.40. The summed E-state index contributed by atoms with van der Waals surface area (Å²) < 4.78 is 6.77. The van der Waals surface area contributed by atoms with Gasteiger partial charge in [-0.2, -0.15) is 0 Å². The summed E-state index contributed by atoms with van der Waals surface area (Å²) in [5, 5.41) is 1.30. The van der Waals surface area contributed by atoms with E-state index in [1.165, 1.54) is 0 Å². The lowest BCUT2D eigenvalue weighted by Gasteiger charge is -2.02. The first kappa shape index (κ1) is 10.8. The largest absolute Gasteiger partial charge is 0.456 e. The third-order valence-electron chi connectivity index (χ3n) is 2.79. The van der Waals surface area contributed by atoms with Gasteiger partial charge in [-0.1, -0.05) is 17.6 Å². The van der Waals surface area contributed by atoms with E-state index in [9.17, 15) is 4.79 Å². The van der Waals surface area contributed by atoms with Gasteiger partial charge < -0.3 is 4.42 Å². The van der Waals surface area contributed by atoms with Crippen molar-refractivity contribution < 1.29 is 4.42 Å². The maximum absolute atomic E-state index is 12.3. The van der Waals surface area contributed by atoms with Crippen LogP contribution in [0.2, 0.25) is 0 Å². The van der Waals surface area contributed by atoms with E-state index in [0.717, 1.165) is 9.03 Å². The Morgan fingerprint density at radius 2 is 1.65 bits per heavy atom. The molecule has 2 nitrogen and oxygen atoms in total. The zero-order valence-corrected chi connectivity index (χ0v) is 11.3. The van der Waals surface area contributed by atoms with E-state index >= 15 is 0 Å². The van der Waals surface area contributed by atoms with Crippen LogP contribution in [-0.2, 0) is 0 Å². The van der Waals surface area contributed by atoms with Gasteiger partial charge in [-0.05, 0) is 46.9 Å². The third-order valence-corrected chi connectivity index (χ3v) is 3.46. The van der Waals surface area contributed by atoms with Crippen molar-refractivity contribution in [3.8, 4) is 0 Å². The second-order valence-electron chi connectivity index (χ2n) is 4.07. The Kier molecular flexibility index (Phi) is 2.47. The van der Waals surface area contributed by atoms with E-state index in [4.69, 9.17) is 4.42 Å². The number of hydrogen-bond donors (Lipinski definition) is 0. The summed E-state index contributed by atoms with van der Waals surface area (Å²) in [6, 6.07) is 11.3. The first-order valence-electron chi connectivity index (χ1n) is 5.28. The molecule has 0 fully saturated rings. The van der Waals surface area contributed by atoms with Crippen LogP contribution in [0, 0.1) is 3.57 Å². The fourth-order valence-corrected chi connectivity index (χ4v) is 2.43. The normalized spacial score (nSPS) is 11.1. The molecule has 82 valence electrons. The van der Waals surface area contributed by atoms with Gasteiger partial charge in [0.05, 0.1) is 10.8 Å². The number of benzene rings is 2. The maximum atomic E-state index is 12.3. The first-order valence-corrected chi connectivity index (χ1v) is 6.36. The van der Waals surface area contributed by atoms with Crippen LogP contribution in [0.3, 0.4) is 0 Å². The molecule has 0 amide bonds. The molecule has 0 atom stereocenters. The van der Waals surface area contributed by atoms with Crippen molar-refractivity contribution in [2.24, 2.45) is 0 Å². The van der Waals surface area contributed by atoms with Crippen LogP contribution in [0.25, 0.3) is 21.9 Å². The van der Waals surface area contributed by atoms with Crippen LogP contribution in [0.15, 0.2) is 45.6 Å². The summed E-state index contributed by atoms with van der Waals surface area (Å²) in [4.78, 5) is 12.3. The van der Waals surface area contributed by atoms with Crippen molar-refractivity contribution in [2.45, 2.75) is 0 Å². The lowest BCUT2D eigenvalue weighted by molar-refractivity contribution is 0.660. The topological polar surface area (TPSA) is 30.2 Å². The Hall–Kier alpha value is -1.30. The lowest BCUT2D eigenvalue weighted by Crippen LogP contribution is -2.07. The average molecular weight is 334 g/mol. The highest BCUT2D eigenvalue weighted by atomic mass is 127. The van der Waals surface area contributed by atoms with Crippen LogP contribution in [0.1, 0.15) is 0 Å². The fourth-order valence-electron chi connectivity index (χ4n) is 1.94. The van der Waals surface area contributed by atoms with E-state index in [-0.39, 0.29) is 5.43 Å². The van der Waals surface area contributed by atoms with Gasteiger partial charge in [0.2, 0.25) is 5.43 Å². The second kappa shape index (κ2) is 3.87. The minimum atomic E-state index is 0.0449. The molecule has 0 N–H and O–H groups in total. The second-order valence-corrected chi connectivity index (χ2v) is 5.32. The summed E-state index contributed by atoms with van der Waals surface area (Å²) in [6.07, 6.45) is 0. The van der Waals surface area contributed by atoms with E-state index < -0.39 is 0 Å². The van der Waals surface area contributed by atoms with Crippen LogP contribution < -0.4 is 10.9 Å². The molecular weight excluding hydrogens is 326 g/mol. The number of fused-ring (bicyclic) bond motifs is 2. The van der Waals surface area contributed by atoms with Crippen LogP contribution in [0.4, 0.5) is 0 Å². The smallest absolute Gasteiger partial charge is 0.200 e. The monoisotopic (exact) mass is 334 g/mol. The van der Waals surface area contributed by atoms with Gasteiger partial charge in [-0.3, -0.25) is 4.79 Å². The molecule has 2 aromatic carbocycles. The predicted molar refractivity (Wildman–Crippen MR) is 80.9 cm³/mol. The molecule has 1 aromatic heterocycles. The molecule has 3 rings (SSSR count). The summed E-state index contributed by atoms with van der Waals surface area (Å²) in [7, 11) is 1.97. The standard InChI is InChI=1S/C13H8BIO2/c14-7-1-3-11-9(5-7)13(16)10-6-8(15)2-4-12(10)17-11/h1-6H,14H2. The summed E-state index contributed by atoms with van der Waals surface area (Å²) >= 11 is 2.19. The predicted octanol–water partition coefficient (Wildman–Crippen LogP) is 1.81. The Bertz CT molecular complexity index is 729. The van der Waals surface area contributed by atoms with Gasteiger partial charge in [0.1, 0.15) is 19.0 Å². The number of hydrogen-bond acceptors (Lipinski definition) is 2. The molecule has 0 saturated heterocycles. The average Bonchev–Trinajstić information content (AvgIpc) is 2.32. The Labute approximate surface area is 112 Å². The molecule has 0 aliphatic rings. The summed E-state index contributed by atoms with van der Waals surface area (Å²) in [6.45, 7) is 0. The molecule has 0 unspecified atom stereocenters. The molecule has 0 spiro atoms. The molecule has 0 saturated carbocycles. The van der Waals surface area contributed by atoms with Crippen molar-refractivity contribution in [2.75, 3.05) is 0 Å². The molecule has 0 aliphatic heterocycles. The van der Waals surface area contributed by atoms with Gasteiger partial charge >= 0.3 is 0 Å².